The highest BCUT2D eigenvalue weighted by atomic mass is 35.5. The number of carbonyl (C=O) groups excluding carboxylic acids is 1. The Hall–Kier alpha value is -2.76. The molecular weight excluding hydrogens is 486 g/mol. The van der Waals surface area contributed by atoms with Gasteiger partial charge in [-0.1, -0.05) is 11.6 Å². The van der Waals surface area contributed by atoms with E-state index in [2.05, 4.69) is 0 Å². The van der Waals surface area contributed by atoms with Gasteiger partial charge in [-0.2, -0.15) is 0 Å². The number of alkyl halides is 1. The maximum atomic E-state index is 15.3. The number of carbonyl (C=O) groups is 2. The molecule has 9 nitrogen and oxygen atoms in total. The predicted molar refractivity (Wildman–Crippen MR) is 125 cm³/mol. The normalized spacial score (nSPS) is 23.1. The molecule has 12 heteroatoms. The molecular formula is C23H25ClF2N4O5. The summed E-state index contributed by atoms with van der Waals surface area (Å²) in [5, 5.41) is 9.17. The van der Waals surface area contributed by atoms with Gasteiger partial charge in [-0.15, -0.1) is 0 Å². The van der Waals surface area contributed by atoms with Crippen LogP contribution in [0, 0.1) is 5.82 Å². The number of piperazine rings is 1. The van der Waals surface area contributed by atoms with Gasteiger partial charge in [-0.05, 0) is 6.07 Å². The van der Waals surface area contributed by atoms with Crippen LogP contribution in [0.15, 0.2) is 17.1 Å². The van der Waals surface area contributed by atoms with Crippen molar-refractivity contribution in [3.05, 3.63) is 38.9 Å². The zero-order valence-corrected chi connectivity index (χ0v) is 19.6. The van der Waals surface area contributed by atoms with Gasteiger partial charge in [0.25, 0.3) is 0 Å². The van der Waals surface area contributed by atoms with E-state index in [-0.39, 0.29) is 40.5 Å². The Morgan fingerprint density at radius 3 is 2.40 bits per heavy atom. The third-order valence-corrected chi connectivity index (χ3v) is 7.22. The fourth-order valence-corrected chi connectivity index (χ4v) is 5.22. The lowest BCUT2D eigenvalue weighted by molar-refractivity contribution is -0.136. The van der Waals surface area contributed by atoms with E-state index in [1.807, 2.05) is 4.90 Å². The highest BCUT2D eigenvalue weighted by molar-refractivity contribution is 6.38. The summed E-state index contributed by atoms with van der Waals surface area (Å²) in [4.78, 5) is 42.3. The molecule has 2 aromatic rings. The molecule has 35 heavy (non-hydrogen) atoms. The predicted octanol–water partition coefficient (Wildman–Crippen LogP) is 1.76. The van der Waals surface area contributed by atoms with Crippen LogP contribution in [0.2, 0.25) is 5.02 Å². The average molecular weight is 511 g/mol. The van der Waals surface area contributed by atoms with Crippen LogP contribution in [0.5, 0.6) is 0 Å². The minimum absolute atomic E-state index is 0.0279. The molecule has 3 fully saturated rings. The summed E-state index contributed by atoms with van der Waals surface area (Å²) < 4.78 is 35.9. The Morgan fingerprint density at radius 2 is 1.80 bits per heavy atom. The van der Waals surface area contributed by atoms with Gasteiger partial charge in [-0.3, -0.25) is 14.5 Å². The first kappa shape index (κ1) is 24.0. The second kappa shape index (κ2) is 9.36. The molecule has 3 heterocycles. The molecule has 1 aromatic carbocycles. The summed E-state index contributed by atoms with van der Waals surface area (Å²) in [6, 6.07) is 0.334. The molecule has 3 aliphatic rings. The van der Waals surface area contributed by atoms with Gasteiger partial charge in [0.15, 0.2) is 0 Å². The van der Waals surface area contributed by atoms with Crippen molar-refractivity contribution < 1.29 is 28.2 Å². The van der Waals surface area contributed by atoms with Crippen LogP contribution in [0.3, 0.4) is 0 Å². The fraction of sp³-hybridized carbons (Fsp3) is 0.522. The number of morpholine rings is 1. The first-order chi connectivity index (χ1) is 16.8. The number of nitrogens with zero attached hydrogens (tertiary/aromatic N) is 4. The van der Waals surface area contributed by atoms with Gasteiger partial charge in [-0.25, -0.2) is 13.6 Å². The first-order valence-electron chi connectivity index (χ1n) is 11.5. The average Bonchev–Trinajstić information content (AvgIpc) is 3.57. The molecule has 1 amide bonds. The largest absolute Gasteiger partial charge is 0.477 e. The lowest BCUT2D eigenvalue weighted by Crippen LogP contribution is -2.51. The second-order valence-corrected chi connectivity index (χ2v) is 9.45. The van der Waals surface area contributed by atoms with E-state index >= 15 is 4.39 Å². The summed E-state index contributed by atoms with van der Waals surface area (Å²) >= 11 is 6.63. The molecule has 0 bridgehead atoms. The van der Waals surface area contributed by atoms with Crippen molar-refractivity contribution in [2.45, 2.75) is 18.6 Å². The topological polar surface area (TPSA) is 95.3 Å². The number of amides is 1. The quantitative estimate of drug-likeness (QED) is 0.655. The van der Waals surface area contributed by atoms with Gasteiger partial charge in [0.1, 0.15) is 17.6 Å². The van der Waals surface area contributed by atoms with Crippen LogP contribution >= 0.6 is 11.6 Å². The Labute approximate surface area is 204 Å². The zero-order chi connectivity index (χ0) is 24.9. The van der Waals surface area contributed by atoms with Crippen molar-refractivity contribution in [3.63, 3.8) is 0 Å². The maximum absolute atomic E-state index is 15.3. The van der Waals surface area contributed by atoms with E-state index in [1.54, 1.807) is 9.80 Å². The van der Waals surface area contributed by atoms with E-state index in [0.29, 0.717) is 52.5 Å². The number of aromatic carboxylic acids is 1. The van der Waals surface area contributed by atoms with E-state index in [1.165, 1.54) is 4.57 Å². The van der Waals surface area contributed by atoms with Crippen molar-refractivity contribution in [2.24, 2.45) is 0 Å². The molecule has 2 atom stereocenters. The van der Waals surface area contributed by atoms with Crippen molar-refractivity contribution in [1.82, 2.24) is 14.4 Å². The first-order valence-corrected chi connectivity index (χ1v) is 11.9. The molecule has 188 valence electrons. The lowest BCUT2D eigenvalue weighted by atomic mass is 10.1. The van der Waals surface area contributed by atoms with Gasteiger partial charge < -0.3 is 24.2 Å². The number of aromatic nitrogens is 1. The number of rotatable bonds is 5. The van der Waals surface area contributed by atoms with Gasteiger partial charge in [0.05, 0.1) is 47.4 Å². The minimum Gasteiger partial charge on any atom is -0.477 e. The SMILES string of the molecule is O=C(O)c1cn(C2CC2F)c2c(Cl)c(N3CCN(CC(=O)N4CCOCC4)CC3)c(F)cc2c1=O. The molecule has 2 unspecified atom stereocenters. The molecule has 2 saturated heterocycles. The number of pyridine rings is 1. The Bertz CT molecular complexity index is 1240. The van der Waals surface area contributed by atoms with Crippen LogP contribution in [-0.4, -0.2) is 96.5 Å². The Morgan fingerprint density at radius 1 is 1.14 bits per heavy atom. The third kappa shape index (κ3) is 4.48. The molecule has 0 radical (unpaired) electrons. The van der Waals surface area contributed by atoms with Crippen LogP contribution in [-0.2, 0) is 9.53 Å². The summed E-state index contributed by atoms with van der Waals surface area (Å²) in [7, 11) is 0. The van der Waals surface area contributed by atoms with E-state index in [9.17, 15) is 23.9 Å². The number of fused-ring (bicyclic) bond motifs is 1. The molecule has 1 aromatic heterocycles. The number of halogens is 3. The highest BCUT2D eigenvalue weighted by Crippen LogP contribution is 2.44. The Balaban J connectivity index is 1.41. The summed E-state index contributed by atoms with van der Waals surface area (Å²) in [6.07, 6.45) is 0.0649. The smallest absolute Gasteiger partial charge is 0.341 e. The highest BCUT2D eigenvalue weighted by Gasteiger charge is 2.41. The number of hydrogen-bond donors (Lipinski definition) is 1. The minimum atomic E-state index is -1.47. The number of anilines is 1. The van der Waals surface area contributed by atoms with E-state index in [4.69, 9.17) is 16.3 Å². The van der Waals surface area contributed by atoms with Crippen LogP contribution in [0.4, 0.5) is 14.5 Å². The number of carboxylic acids is 1. The maximum Gasteiger partial charge on any atom is 0.341 e. The van der Waals surface area contributed by atoms with Crippen LogP contribution in [0.25, 0.3) is 10.9 Å². The summed E-state index contributed by atoms with van der Waals surface area (Å²) in [5.41, 5.74) is -1.20. The molecule has 2 aliphatic heterocycles. The molecule has 1 N–H and O–H groups in total. The lowest BCUT2D eigenvalue weighted by Gasteiger charge is -2.37. The van der Waals surface area contributed by atoms with Crippen molar-refractivity contribution >= 4 is 40.1 Å². The number of carboxylic acid groups (broad SMARTS) is 1. The van der Waals surface area contributed by atoms with Gasteiger partial charge >= 0.3 is 5.97 Å². The molecule has 5 rings (SSSR count). The summed E-state index contributed by atoms with van der Waals surface area (Å²) in [6.45, 7) is 4.26. The number of benzene rings is 1. The Kier molecular flexibility index (Phi) is 6.41. The monoisotopic (exact) mass is 510 g/mol. The van der Waals surface area contributed by atoms with Gasteiger partial charge in [0.2, 0.25) is 11.3 Å². The van der Waals surface area contributed by atoms with Crippen LogP contribution < -0.4 is 10.3 Å². The van der Waals surface area contributed by atoms with Gasteiger partial charge in [0, 0.05) is 51.9 Å². The van der Waals surface area contributed by atoms with E-state index < -0.39 is 35.0 Å². The van der Waals surface area contributed by atoms with Crippen LogP contribution in [0.1, 0.15) is 22.8 Å². The molecule has 1 saturated carbocycles. The molecule has 1 aliphatic carbocycles. The second-order valence-electron chi connectivity index (χ2n) is 9.08. The van der Waals surface area contributed by atoms with Crippen molar-refractivity contribution in [3.8, 4) is 0 Å². The molecule has 0 spiro atoms. The van der Waals surface area contributed by atoms with Crippen molar-refractivity contribution in [1.29, 1.82) is 0 Å². The zero-order valence-electron chi connectivity index (χ0n) is 18.9. The van der Waals surface area contributed by atoms with E-state index in [0.717, 1.165) is 12.3 Å². The fourth-order valence-electron chi connectivity index (χ4n) is 4.81. The number of hydrogen-bond acceptors (Lipinski definition) is 6. The van der Waals surface area contributed by atoms with Crippen molar-refractivity contribution in [2.75, 3.05) is 63.9 Å². The summed E-state index contributed by atoms with van der Waals surface area (Å²) in [5.74, 6) is -2.19. The standard InChI is InChI=1S/C23H25ClF2N4O5/c24-19-20-13(22(32)14(23(33)34)11-30(20)17-10-15(17)25)9-16(26)21(19)29-3-1-27(2-4-29)12-18(31)28-5-7-35-8-6-28/h9,11,15,17H,1-8,10,12H2,(H,33,34). The third-order valence-electron chi connectivity index (χ3n) is 6.86. The number of ether oxygens (including phenoxy) is 1.